The number of para-hydroxylation sites is 1. The fourth-order valence-corrected chi connectivity index (χ4v) is 3.47. The molecule has 3 aromatic carbocycles. The summed E-state index contributed by atoms with van der Waals surface area (Å²) in [5.74, 6) is -1.43. The lowest BCUT2D eigenvalue weighted by Crippen LogP contribution is -2.37. The molecule has 0 bridgehead atoms. The minimum Gasteiger partial charge on any atom is -0.457 e. The van der Waals surface area contributed by atoms with E-state index in [1.807, 2.05) is 18.2 Å². The molecule has 0 unspecified atom stereocenters. The van der Waals surface area contributed by atoms with Gasteiger partial charge in [-0.2, -0.15) is 0 Å². The molecule has 0 aromatic heterocycles. The number of hydrogen-bond acceptors (Lipinski definition) is 4. The van der Waals surface area contributed by atoms with Crippen molar-refractivity contribution < 1.29 is 26.7 Å². The van der Waals surface area contributed by atoms with Crippen LogP contribution in [0, 0.1) is 11.6 Å². The second-order valence-corrected chi connectivity index (χ2v) is 8.26. The van der Waals surface area contributed by atoms with E-state index in [-0.39, 0.29) is 11.4 Å². The van der Waals surface area contributed by atoms with Crippen LogP contribution in [0.1, 0.15) is 0 Å². The molecule has 3 rings (SSSR count). The van der Waals surface area contributed by atoms with Crippen molar-refractivity contribution in [3.8, 4) is 11.5 Å². The number of hydrogen-bond donors (Lipinski definition) is 1. The van der Waals surface area contributed by atoms with E-state index in [0.717, 1.165) is 22.7 Å². The molecule has 1 amide bonds. The molecule has 0 saturated carbocycles. The summed E-state index contributed by atoms with van der Waals surface area (Å²) in [6.07, 6.45) is 0.952. The van der Waals surface area contributed by atoms with E-state index in [9.17, 15) is 22.0 Å². The van der Waals surface area contributed by atoms with Gasteiger partial charge in [-0.25, -0.2) is 17.2 Å². The van der Waals surface area contributed by atoms with Gasteiger partial charge in [-0.3, -0.25) is 9.10 Å². The number of nitrogens with one attached hydrogen (secondary N) is 1. The van der Waals surface area contributed by atoms with Crippen molar-refractivity contribution in [2.24, 2.45) is 0 Å². The van der Waals surface area contributed by atoms with Crippen LogP contribution in [0.5, 0.6) is 11.5 Å². The first-order chi connectivity index (χ1) is 14.2. The van der Waals surface area contributed by atoms with Crippen molar-refractivity contribution in [2.45, 2.75) is 0 Å². The van der Waals surface area contributed by atoms with Crippen molar-refractivity contribution in [1.29, 1.82) is 0 Å². The van der Waals surface area contributed by atoms with Gasteiger partial charge in [0.25, 0.3) is 0 Å². The number of halogens is 2. The van der Waals surface area contributed by atoms with Gasteiger partial charge in [0.2, 0.25) is 15.9 Å². The summed E-state index contributed by atoms with van der Waals surface area (Å²) in [6.45, 7) is -0.589. The SMILES string of the molecule is CS(=O)(=O)N(CC(=O)Nc1ccc(F)cc1F)c1ccc(Oc2ccccc2)cc1. The van der Waals surface area contributed by atoms with Crippen LogP contribution in [0.25, 0.3) is 0 Å². The largest absolute Gasteiger partial charge is 0.457 e. The van der Waals surface area contributed by atoms with Gasteiger partial charge < -0.3 is 10.1 Å². The normalized spacial score (nSPS) is 11.0. The molecule has 3 aromatic rings. The standard InChI is InChI=1S/C21H18F2N2O4S/c1-30(27,28)25(14-21(26)24-20-12-7-15(22)13-19(20)23)16-8-10-18(11-9-16)29-17-5-3-2-4-6-17/h2-13H,14H2,1H3,(H,24,26). The highest BCUT2D eigenvalue weighted by Gasteiger charge is 2.21. The van der Waals surface area contributed by atoms with Gasteiger partial charge in [0, 0.05) is 6.07 Å². The first kappa shape index (κ1) is 21.3. The predicted octanol–water partition coefficient (Wildman–Crippen LogP) is 4.16. The number of sulfonamides is 1. The maximum atomic E-state index is 13.7. The van der Waals surface area contributed by atoms with Crippen LogP contribution in [0.15, 0.2) is 72.8 Å². The number of carbonyl (C=O) groups is 1. The summed E-state index contributed by atoms with van der Waals surface area (Å²) in [5, 5.41) is 2.24. The van der Waals surface area contributed by atoms with Gasteiger partial charge in [-0.1, -0.05) is 18.2 Å². The molecule has 0 aliphatic carbocycles. The Labute approximate surface area is 172 Å². The second-order valence-electron chi connectivity index (χ2n) is 6.35. The monoisotopic (exact) mass is 432 g/mol. The molecule has 0 saturated heterocycles. The molecule has 156 valence electrons. The Kier molecular flexibility index (Phi) is 6.31. The highest BCUT2D eigenvalue weighted by molar-refractivity contribution is 7.92. The molecular formula is C21H18F2N2O4S. The van der Waals surface area contributed by atoms with Crippen LogP contribution in [-0.4, -0.2) is 27.1 Å². The maximum absolute atomic E-state index is 13.7. The Morgan fingerprint density at radius 2 is 1.60 bits per heavy atom. The van der Waals surface area contributed by atoms with Gasteiger partial charge in [-0.15, -0.1) is 0 Å². The van der Waals surface area contributed by atoms with E-state index in [1.54, 1.807) is 24.3 Å². The zero-order valence-electron chi connectivity index (χ0n) is 15.9. The van der Waals surface area contributed by atoms with Crippen LogP contribution < -0.4 is 14.4 Å². The van der Waals surface area contributed by atoms with Crippen molar-refractivity contribution >= 4 is 27.3 Å². The van der Waals surface area contributed by atoms with Crippen LogP contribution >= 0.6 is 0 Å². The van der Waals surface area contributed by atoms with E-state index >= 15 is 0 Å². The summed E-state index contributed by atoms with van der Waals surface area (Å²) in [7, 11) is -3.82. The summed E-state index contributed by atoms with van der Waals surface area (Å²) in [6, 6.07) is 17.8. The molecule has 6 nitrogen and oxygen atoms in total. The molecular weight excluding hydrogens is 414 g/mol. The molecule has 0 radical (unpaired) electrons. The molecule has 1 N–H and O–H groups in total. The topological polar surface area (TPSA) is 75.7 Å². The number of amides is 1. The minimum absolute atomic E-state index is 0.229. The summed E-state index contributed by atoms with van der Waals surface area (Å²) in [4.78, 5) is 12.3. The molecule has 9 heteroatoms. The Bertz CT molecular complexity index is 1140. The lowest BCUT2D eigenvalue weighted by atomic mass is 10.3. The Morgan fingerprint density at radius 1 is 0.967 bits per heavy atom. The average molecular weight is 432 g/mol. The van der Waals surface area contributed by atoms with Crippen LogP contribution in [0.4, 0.5) is 20.2 Å². The maximum Gasteiger partial charge on any atom is 0.245 e. The third-order valence-electron chi connectivity index (χ3n) is 4.00. The van der Waals surface area contributed by atoms with E-state index in [1.165, 1.54) is 12.1 Å². The molecule has 30 heavy (non-hydrogen) atoms. The lowest BCUT2D eigenvalue weighted by molar-refractivity contribution is -0.114. The average Bonchev–Trinajstić information content (AvgIpc) is 2.69. The fourth-order valence-electron chi connectivity index (χ4n) is 2.62. The van der Waals surface area contributed by atoms with E-state index in [2.05, 4.69) is 5.32 Å². The number of nitrogens with zero attached hydrogens (tertiary/aromatic N) is 1. The number of anilines is 2. The molecule has 0 atom stereocenters. The molecule has 0 heterocycles. The summed E-state index contributed by atoms with van der Waals surface area (Å²) < 4.78 is 57.7. The Balaban J connectivity index is 1.75. The molecule has 0 fully saturated rings. The van der Waals surface area contributed by atoms with Gasteiger partial charge in [0.15, 0.2) is 0 Å². The Hall–Kier alpha value is -3.46. The van der Waals surface area contributed by atoms with Gasteiger partial charge in [0.05, 0.1) is 17.6 Å². The van der Waals surface area contributed by atoms with E-state index < -0.39 is 34.1 Å². The van der Waals surface area contributed by atoms with E-state index in [0.29, 0.717) is 17.6 Å². The highest BCUT2D eigenvalue weighted by Crippen LogP contribution is 2.25. The van der Waals surface area contributed by atoms with Crippen molar-refractivity contribution in [2.75, 3.05) is 22.4 Å². The van der Waals surface area contributed by atoms with Crippen molar-refractivity contribution in [1.82, 2.24) is 0 Å². The smallest absolute Gasteiger partial charge is 0.245 e. The molecule has 0 spiro atoms. The second kappa shape index (κ2) is 8.91. The molecule has 0 aliphatic rings. The quantitative estimate of drug-likeness (QED) is 0.608. The van der Waals surface area contributed by atoms with Crippen LogP contribution in [-0.2, 0) is 14.8 Å². The van der Waals surface area contributed by atoms with Gasteiger partial charge in [0.1, 0.15) is 29.7 Å². The first-order valence-corrected chi connectivity index (χ1v) is 10.6. The van der Waals surface area contributed by atoms with Gasteiger partial charge in [-0.05, 0) is 48.5 Å². The van der Waals surface area contributed by atoms with Crippen molar-refractivity contribution in [3.05, 3.63) is 84.4 Å². The van der Waals surface area contributed by atoms with Crippen molar-refractivity contribution in [3.63, 3.8) is 0 Å². The molecule has 0 aliphatic heterocycles. The minimum atomic E-state index is -3.82. The third-order valence-corrected chi connectivity index (χ3v) is 5.14. The number of rotatable bonds is 7. The number of benzene rings is 3. The number of carbonyl (C=O) groups excluding carboxylic acids is 1. The summed E-state index contributed by atoms with van der Waals surface area (Å²) in [5.41, 5.74) is -0.0194. The highest BCUT2D eigenvalue weighted by atomic mass is 32.2. The lowest BCUT2D eigenvalue weighted by Gasteiger charge is -2.22. The van der Waals surface area contributed by atoms with Crippen LogP contribution in [0.3, 0.4) is 0 Å². The van der Waals surface area contributed by atoms with E-state index in [4.69, 9.17) is 4.74 Å². The zero-order valence-corrected chi connectivity index (χ0v) is 16.7. The summed E-state index contributed by atoms with van der Waals surface area (Å²) >= 11 is 0. The first-order valence-electron chi connectivity index (χ1n) is 8.78. The zero-order chi connectivity index (χ0) is 21.7. The third kappa shape index (κ3) is 5.54. The van der Waals surface area contributed by atoms with Gasteiger partial charge >= 0.3 is 0 Å². The fraction of sp³-hybridized carbons (Fsp3) is 0.0952. The number of ether oxygens (including phenoxy) is 1. The predicted molar refractivity (Wildman–Crippen MR) is 110 cm³/mol. The Morgan fingerprint density at radius 3 is 2.20 bits per heavy atom. The van der Waals surface area contributed by atoms with Crippen LogP contribution in [0.2, 0.25) is 0 Å².